The van der Waals surface area contributed by atoms with Crippen molar-refractivity contribution in [1.29, 1.82) is 0 Å². The van der Waals surface area contributed by atoms with E-state index in [1.807, 2.05) is 17.9 Å². The molecule has 0 aromatic carbocycles. The first kappa shape index (κ1) is 13.5. The van der Waals surface area contributed by atoms with E-state index in [4.69, 9.17) is 0 Å². The third-order valence-electron chi connectivity index (χ3n) is 3.23. The molecule has 0 saturated carbocycles. The van der Waals surface area contributed by atoms with E-state index in [-0.39, 0.29) is 11.6 Å². The fourth-order valence-electron chi connectivity index (χ4n) is 2.11. The Hall–Kier alpha value is -1.98. The molecule has 0 aliphatic carbocycles. The highest BCUT2D eigenvalue weighted by atomic mass is 16.2. The molecule has 6 nitrogen and oxygen atoms in total. The summed E-state index contributed by atoms with van der Waals surface area (Å²) in [4.78, 5) is 29.5. The van der Waals surface area contributed by atoms with E-state index in [9.17, 15) is 9.59 Å². The lowest BCUT2D eigenvalue weighted by molar-refractivity contribution is 0.194. The van der Waals surface area contributed by atoms with Gasteiger partial charge in [0.05, 0.1) is 5.69 Å². The zero-order chi connectivity index (χ0) is 13.7. The third kappa shape index (κ3) is 3.49. The quantitative estimate of drug-likeness (QED) is 0.841. The van der Waals surface area contributed by atoms with Gasteiger partial charge in [-0.25, -0.2) is 4.79 Å². The molecule has 1 saturated heterocycles. The van der Waals surface area contributed by atoms with Crippen molar-refractivity contribution in [1.82, 2.24) is 15.2 Å². The number of anilines is 1. The molecule has 1 aliphatic rings. The molecule has 104 valence electrons. The molecular weight excluding hydrogens is 244 g/mol. The van der Waals surface area contributed by atoms with Gasteiger partial charge in [-0.15, -0.1) is 0 Å². The van der Waals surface area contributed by atoms with Crippen molar-refractivity contribution in [3.05, 3.63) is 28.7 Å². The van der Waals surface area contributed by atoms with Crippen LogP contribution in [0.2, 0.25) is 0 Å². The summed E-state index contributed by atoms with van der Waals surface area (Å²) in [7, 11) is 0. The molecule has 2 amide bonds. The normalized spacial score (nSPS) is 15.4. The number of amides is 2. The van der Waals surface area contributed by atoms with E-state index in [0.717, 1.165) is 31.7 Å². The van der Waals surface area contributed by atoms with Gasteiger partial charge in [0, 0.05) is 45.0 Å². The average molecular weight is 264 g/mol. The fraction of sp³-hybridized carbons (Fsp3) is 0.538. The highest BCUT2D eigenvalue weighted by molar-refractivity contribution is 5.74. The SMILES string of the molecule is CCCNC(=O)N1CCN(c2ccc(=O)[nH]c2)CC1. The van der Waals surface area contributed by atoms with Gasteiger partial charge >= 0.3 is 6.03 Å². The first-order valence-electron chi connectivity index (χ1n) is 6.67. The molecule has 1 aromatic heterocycles. The second-order valence-corrected chi connectivity index (χ2v) is 4.62. The Morgan fingerprint density at radius 3 is 2.63 bits per heavy atom. The van der Waals surface area contributed by atoms with Crippen LogP contribution in [0.25, 0.3) is 0 Å². The zero-order valence-corrected chi connectivity index (χ0v) is 11.2. The van der Waals surface area contributed by atoms with Crippen molar-refractivity contribution in [2.24, 2.45) is 0 Å². The number of H-pyrrole nitrogens is 1. The summed E-state index contributed by atoms with van der Waals surface area (Å²) in [6.45, 7) is 5.73. The number of nitrogens with zero attached hydrogens (tertiary/aromatic N) is 2. The molecule has 2 rings (SSSR count). The minimum atomic E-state index is -0.0960. The molecular formula is C13H20N4O2. The van der Waals surface area contributed by atoms with Crippen LogP contribution in [0, 0.1) is 0 Å². The number of aromatic nitrogens is 1. The maximum atomic E-state index is 11.8. The van der Waals surface area contributed by atoms with Gasteiger partial charge in [0.1, 0.15) is 0 Å². The topological polar surface area (TPSA) is 68.4 Å². The Labute approximate surface area is 112 Å². The maximum Gasteiger partial charge on any atom is 0.317 e. The van der Waals surface area contributed by atoms with Crippen LogP contribution in [0.15, 0.2) is 23.1 Å². The smallest absolute Gasteiger partial charge is 0.317 e. The number of aromatic amines is 1. The third-order valence-corrected chi connectivity index (χ3v) is 3.23. The molecule has 0 bridgehead atoms. The van der Waals surface area contributed by atoms with Crippen LogP contribution in [0.1, 0.15) is 13.3 Å². The molecule has 0 unspecified atom stereocenters. The number of hydrogen-bond acceptors (Lipinski definition) is 3. The Bertz CT molecular complexity index is 457. The van der Waals surface area contributed by atoms with Crippen LogP contribution in [0.3, 0.4) is 0 Å². The van der Waals surface area contributed by atoms with Crippen LogP contribution >= 0.6 is 0 Å². The van der Waals surface area contributed by atoms with E-state index in [1.165, 1.54) is 6.07 Å². The number of nitrogens with one attached hydrogen (secondary N) is 2. The minimum Gasteiger partial charge on any atom is -0.367 e. The molecule has 1 aliphatic heterocycles. The van der Waals surface area contributed by atoms with Gasteiger partial charge in [0.25, 0.3) is 0 Å². The standard InChI is InChI=1S/C13H20N4O2/c1-2-5-14-13(19)17-8-6-16(7-9-17)11-3-4-12(18)15-10-11/h3-4,10H,2,5-9H2,1H3,(H,14,19)(H,15,18). The Morgan fingerprint density at radius 2 is 2.05 bits per heavy atom. The van der Waals surface area contributed by atoms with Crippen molar-refractivity contribution in [2.45, 2.75) is 13.3 Å². The van der Waals surface area contributed by atoms with E-state index in [2.05, 4.69) is 15.2 Å². The second kappa shape index (κ2) is 6.26. The van der Waals surface area contributed by atoms with Crippen molar-refractivity contribution < 1.29 is 4.79 Å². The monoisotopic (exact) mass is 264 g/mol. The van der Waals surface area contributed by atoms with E-state index in [0.29, 0.717) is 13.1 Å². The van der Waals surface area contributed by atoms with Crippen molar-refractivity contribution in [3.8, 4) is 0 Å². The van der Waals surface area contributed by atoms with Crippen molar-refractivity contribution in [3.63, 3.8) is 0 Å². The summed E-state index contributed by atoms with van der Waals surface area (Å²) in [6, 6.07) is 3.35. The number of hydrogen-bond donors (Lipinski definition) is 2. The van der Waals surface area contributed by atoms with Crippen LogP contribution in [-0.2, 0) is 0 Å². The number of rotatable bonds is 3. The second-order valence-electron chi connectivity index (χ2n) is 4.62. The molecule has 19 heavy (non-hydrogen) atoms. The number of pyridine rings is 1. The highest BCUT2D eigenvalue weighted by Gasteiger charge is 2.20. The predicted molar refractivity (Wildman–Crippen MR) is 74.5 cm³/mol. The fourth-order valence-corrected chi connectivity index (χ4v) is 2.11. The molecule has 1 fully saturated rings. The van der Waals surface area contributed by atoms with E-state index < -0.39 is 0 Å². The lowest BCUT2D eigenvalue weighted by atomic mass is 10.3. The molecule has 6 heteroatoms. The lowest BCUT2D eigenvalue weighted by Crippen LogP contribution is -2.52. The molecule has 0 radical (unpaired) electrons. The molecule has 2 heterocycles. The lowest BCUT2D eigenvalue weighted by Gasteiger charge is -2.35. The highest BCUT2D eigenvalue weighted by Crippen LogP contribution is 2.13. The molecule has 0 spiro atoms. The molecule has 1 aromatic rings. The van der Waals surface area contributed by atoms with Gasteiger partial charge in [-0.2, -0.15) is 0 Å². The Morgan fingerprint density at radius 1 is 1.32 bits per heavy atom. The van der Waals surface area contributed by atoms with Gasteiger partial charge in [0.2, 0.25) is 5.56 Å². The van der Waals surface area contributed by atoms with Crippen LogP contribution in [-0.4, -0.2) is 48.6 Å². The zero-order valence-electron chi connectivity index (χ0n) is 11.2. The Balaban J connectivity index is 1.87. The molecule has 2 N–H and O–H groups in total. The average Bonchev–Trinajstić information content (AvgIpc) is 2.46. The Kier molecular flexibility index (Phi) is 4.43. The van der Waals surface area contributed by atoms with Gasteiger partial charge in [-0.3, -0.25) is 4.79 Å². The summed E-state index contributed by atoms with van der Waals surface area (Å²) in [5.41, 5.74) is 0.898. The van der Waals surface area contributed by atoms with Crippen molar-refractivity contribution in [2.75, 3.05) is 37.6 Å². The summed E-state index contributed by atoms with van der Waals surface area (Å²) < 4.78 is 0. The summed E-state index contributed by atoms with van der Waals surface area (Å²) in [5, 5.41) is 2.89. The van der Waals surface area contributed by atoms with E-state index in [1.54, 1.807) is 6.20 Å². The van der Waals surface area contributed by atoms with Gasteiger partial charge < -0.3 is 20.1 Å². The number of piperazine rings is 1. The minimum absolute atomic E-state index is 0.0166. The summed E-state index contributed by atoms with van der Waals surface area (Å²) >= 11 is 0. The first-order valence-corrected chi connectivity index (χ1v) is 6.67. The van der Waals surface area contributed by atoms with Gasteiger partial charge in [-0.05, 0) is 12.5 Å². The summed E-state index contributed by atoms with van der Waals surface area (Å²) in [5.74, 6) is 0. The van der Waals surface area contributed by atoms with Crippen molar-refractivity contribution >= 4 is 11.7 Å². The first-order chi connectivity index (χ1) is 9.20. The van der Waals surface area contributed by atoms with Crippen LogP contribution in [0.5, 0.6) is 0 Å². The maximum absolute atomic E-state index is 11.8. The van der Waals surface area contributed by atoms with Crippen LogP contribution in [0.4, 0.5) is 10.5 Å². The molecule has 0 atom stereocenters. The van der Waals surface area contributed by atoms with Gasteiger partial charge in [-0.1, -0.05) is 6.92 Å². The van der Waals surface area contributed by atoms with Gasteiger partial charge in [0.15, 0.2) is 0 Å². The number of urea groups is 1. The van der Waals surface area contributed by atoms with Crippen LogP contribution < -0.4 is 15.8 Å². The number of carbonyl (C=O) groups is 1. The largest absolute Gasteiger partial charge is 0.367 e. The summed E-state index contributed by atoms with van der Waals surface area (Å²) in [6.07, 6.45) is 2.66. The predicted octanol–water partition coefficient (Wildman–Crippen LogP) is 0.616. The van der Waals surface area contributed by atoms with E-state index >= 15 is 0 Å². The number of carbonyl (C=O) groups excluding carboxylic acids is 1.